The van der Waals surface area contributed by atoms with E-state index in [0.29, 0.717) is 24.5 Å². The molecule has 26 heavy (non-hydrogen) atoms. The lowest BCUT2D eigenvalue weighted by Crippen LogP contribution is -2.31. The van der Waals surface area contributed by atoms with Crippen LogP contribution in [0.2, 0.25) is 0 Å². The van der Waals surface area contributed by atoms with Crippen LogP contribution < -0.4 is 15.4 Å². The molecule has 0 fully saturated rings. The normalized spacial score (nSPS) is 11.4. The molecule has 2 amide bonds. The van der Waals surface area contributed by atoms with Gasteiger partial charge in [0.25, 0.3) is 0 Å². The van der Waals surface area contributed by atoms with Gasteiger partial charge in [0.2, 0.25) is 0 Å². The van der Waals surface area contributed by atoms with Crippen LogP contribution in [0.25, 0.3) is 0 Å². The van der Waals surface area contributed by atoms with Crippen LogP contribution in [0.1, 0.15) is 12.7 Å². The maximum Gasteiger partial charge on any atom is 0.319 e. The number of hydrogen-bond donors (Lipinski definition) is 3. The molecule has 2 rings (SSSR count). The Balaban J connectivity index is 1.88. The standard InChI is InChI=1S/C16H24N6O3S/c1-4-15-17-8-10-22(15)11-9-18-16(23)19-13-6-5-7-14(12-13)20-26(24,25)21(2)3/h5-8,10,12,20H,4,9,11H2,1-3H3,(H2,18,19,23). The third-order valence-electron chi connectivity index (χ3n) is 3.60. The van der Waals surface area contributed by atoms with Gasteiger partial charge in [-0.2, -0.15) is 12.7 Å². The number of nitrogens with zero attached hydrogens (tertiary/aromatic N) is 3. The SMILES string of the molecule is CCc1nccn1CCNC(=O)Nc1cccc(NS(=O)(=O)N(C)C)c1. The number of nitrogens with one attached hydrogen (secondary N) is 3. The summed E-state index contributed by atoms with van der Waals surface area (Å²) in [5, 5.41) is 5.44. The fourth-order valence-corrected chi connectivity index (χ4v) is 2.83. The molecule has 1 aromatic carbocycles. The summed E-state index contributed by atoms with van der Waals surface area (Å²) < 4.78 is 29.2. The molecule has 2 aromatic rings. The van der Waals surface area contributed by atoms with Gasteiger partial charge in [0.1, 0.15) is 5.82 Å². The van der Waals surface area contributed by atoms with Crippen LogP contribution in [0.5, 0.6) is 0 Å². The molecule has 9 nitrogen and oxygen atoms in total. The first-order valence-electron chi connectivity index (χ1n) is 8.17. The minimum atomic E-state index is -3.60. The lowest BCUT2D eigenvalue weighted by molar-refractivity contribution is 0.251. The Labute approximate surface area is 153 Å². The Morgan fingerprint density at radius 3 is 2.69 bits per heavy atom. The van der Waals surface area contributed by atoms with Crippen LogP contribution >= 0.6 is 0 Å². The molecule has 0 saturated heterocycles. The number of anilines is 2. The second kappa shape index (κ2) is 8.68. The Kier molecular flexibility index (Phi) is 6.58. The highest BCUT2D eigenvalue weighted by Gasteiger charge is 2.13. The first-order chi connectivity index (χ1) is 12.3. The molecule has 1 heterocycles. The first kappa shape index (κ1) is 19.7. The van der Waals surface area contributed by atoms with Gasteiger partial charge in [0, 0.05) is 51.7 Å². The molecule has 0 aliphatic heterocycles. The fraction of sp³-hybridized carbons (Fsp3) is 0.375. The highest BCUT2D eigenvalue weighted by atomic mass is 32.2. The van der Waals surface area contributed by atoms with Crippen molar-refractivity contribution in [2.45, 2.75) is 19.9 Å². The lowest BCUT2D eigenvalue weighted by Gasteiger charge is -2.14. The zero-order valence-electron chi connectivity index (χ0n) is 15.1. The van der Waals surface area contributed by atoms with Gasteiger partial charge < -0.3 is 15.2 Å². The van der Waals surface area contributed by atoms with Crippen LogP contribution in [0.3, 0.4) is 0 Å². The van der Waals surface area contributed by atoms with Crippen molar-refractivity contribution < 1.29 is 13.2 Å². The van der Waals surface area contributed by atoms with E-state index in [2.05, 4.69) is 20.3 Å². The van der Waals surface area contributed by atoms with E-state index >= 15 is 0 Å². The quantitative estimate of drug-likeness (QED) is 0.645. The Morgan fingerprint density at radius 1 is 1.27 bits per heavy atom. The summed E-state index contributed by atoms with van der Waals surface area (Å²) in [7, 11) is -0.731. The summed E-state index contributed by atoms with van der Waals surface area (Å²) in [6.07, 6.45) is 4.44. The van der Waals surface area contributed by atoms with Gasteiger partial charge in [-0.3, -0.25) is 4.72 Å². The molecule has 142 valence electrons. The van der Waals surface area contributed by atoms with E-state index in [1.165, 1.54) is 14.1 Å². The Morgan fingerprint density at radius 2 is 2.00 bits per heavy atom. The van der Waals surface area contributed by atoms with Crippen molar-refractivity contribution in [3.63, 3.8) is 0 Å². The van der Waals surface area contributed by atoms with Crippen molar-refractivity contribution in [2.75, 3.05) is 30.7 Å². The molecular formula is C16H24N6O3S. The van der Waals surface area contributed by atoms with E-state index in [9.17, 15) is 13.2 Å². The largest absolute Gasteiger partial charge is 0.336 e. The van der Waals surface area contributed by atoms with Crippen molar-refractivity contribution in [3.05, 3.63) is 42.5 Å². The van der Waals surface area contributed by atoms with Gasteiger partial charge in [0.15, 0.2) is 0 Å². The molecule has 0 atom stereocenters. The number of amides is 2. The summed E-state index contributed by atoms with van der Waals surface area (Å²) in [6.45, 7) is 3.10. The molecule has 1 aromatic heterocycles. The summed E-state index contributed by atoms with van der Waals surface area (Å²) >= 11 is 0. The zero-order valence-corrected chi connectivity index (χ0v) is 15.9. The minimum Gasteiger partial charge on any atom is -0.336 e. The fourth-order valence-electron chi connectivity index (χ4n) is 2.22. The zero-order chi connectivity index (χ0) is 19.2. The van der Waals surface area contributed by atoms with Crippen LogP contribution in [0, 0.1) is 0 Å². The van der Waals surface area contributed by atoms with E-state index in [1.54, 1.807) is 30.5 Å². The molecule has 0 aliphatic rings. The topological polar surface area (TPSA) is 108 Å². The summed E-state index contributed by atoms with van der Waals surface area (Å²) in [5.41, 5.74) is 0.848. The number of aromatic nitrogens is 2. The molecule has 0 bridgehead atoms. The smallest absolute Gasteiger partial charge is 0.319 e. The van der Waals surface area contributed by atoms with Crippen molar-refractivity contribution in [2.24, 2.45) is 0 Å². The Hall–Kier alpha value is -2.59. The molecular weight excluding hydrogens is 356 g/mol. The van der Waals surface area contributed by atoms with Gasteiger partial charge in [-0.15, -0.1) is 0 Å². The number of carbonyl (C=O) groups excluding carboxylic acids is 1. The molecule has 0 saturated carbocycles. The van der Waals surface area contributed by atoms with Crippen LogP contribution in [0.4, 0.5) is 16.2 Å². The maximum atomic E-state index is 12.0. The number of rotatable bonds is 8. The molecule has 0 spiro atoms. The monoisotopic (exact) mass is 380 g/mol. The number of carbonyl (C=O) groups is 1. The first-order valence-corrected chi connectivity index (χ1v) is 9.61. The van der Waals surface area contributed by atoms with E-state index in [1.807, 2.05) is 17.7 Å². The third kappa shape index (κ3) is 5.46. The van der Waals surface area contributed by atoms with E-state index in [0.717, 1.165) is 16.6 Å². The molecule has 3 N–H and O–H groups in total. The van der Waals surface area contributed by atoms with E-state index in [4.69, 9.17) is 0 Å². The van der Waals surface area contributed by atoms with Gasteiger partial charge in [-0.1, -0.05) is 13.0 Å². The highest BCUT2D eigenvalue weighted by molar-refractivity contribution is 7.90. The van der Waals surface area contributed by atoms with Crippen molar-refractivity contribution in [1.29, 1.82) is 0 Å². The van der Waals surface area contributed by atoms with Crippen LogP contribution in [-0.2, 0) is 23.2 Å². The van der Waals surface area contributed by atoms with Crippen molar-refractivity contribution in [3.8, 4) is 0 Å². The maximum absolute atomic E-state index is 12.0. The third-order valence-corrected chi connectivity index (χ3v) is 5.06. The molecule has 10 heteroatoms. The summed E-state index contributed by atoms with van der Waals surface area (Å²) in [5.74, 6) is 0.966. The average Bonchev–Trinajstić information content (AvgIpc) is 3.02. The predicted molar refractivity (Wildman–Crippen MR) is 101 cm³/mol. The van der Waals surface area contributed by atoms with Crippen molar-refractivity contribution >= 4 is 27.6 Å². The lowest BCUT2D eigenvalue weighted by atomic mass is 10.3. The number of imidazole rings is 1. The summed E-state index contributed by atoms with van der Waals surface area (Å²) in [6, 6.07) is 6.12. The van der Waals surface area contributed by atoms with Crippen LogP contribution in [-0.4, -0.2) is 48.9 Å². The molecule has 0 radical (unpaired) electrons. The number of hydrogen-bond acceptors (Lipinski definition) is 4. The van der Waals surface area contributed by atoms with Crippen LogP contribution in [0.15, 0.2) is 36.7 Å². The number of benzene rings is 1. The molecule has 0 unspecified atom stereocenters. The average molecular weight is 380 g/mol. The Bertz CT molecular complexity index is 847. The second-order valence-electron chi connectivity index (χ2n) is 5.74. The van der Waals surface area contributed by atoms with Gasteiger partial charge in [-0.05, 0) is 18.2 Å². The molecule has 0 aliphatic carbocycles. The minimum absolute atomic E-state index is 0.363. The van der Waals surface area contributed by atoms with Crippen molar-refractivity contribution in [1.82, 2.24) is 19.2 Å². The number of aryl methyl sites for hydroxylation is 1. The number of urea groups is 1. The van der Waals surface area contributed by atoms with Gasteiger partial charge in [-0.25, -0.2) is 9.78 Å². The van der Waals surface area contributed by atoms with E-state index in [-0.39, 0.29) is 6.03 Å². The van der Waals surface area contributed by atoms with Gasteiger partial charge >= 0.3 is 16.2 Å². The predicted octanol–water partition coefficient (Wildman–Crippen LogP) is 1.49. The second-order valence-corrected chi connectivity index (χ2v) is 7.63. The highest BCUT2D eigenvalue weighted by Crippen LogP contribution is 2.16. The van der Waals surface area contributed by atoms with E-state index < -0.39 is 10.2 Å². The van der Waals surface area contributed by atoms with Gasteiger partial charge in [0.05, 0.1) is 5.69 Å². The summed E-state index contributed by atoms with van der Waals surface area (Å²) in [4.78, 5) is 16.2.